The summed E-state index contributed by atoms with van der Waals surface area (Å²) in [4.78, 5) is 0. The van der Waals surface area contributed by atoms with Crippen LogP contribution in [0.2, 0.25) is 0 Å². The minimum absolute atomic E-state index is 0.715. The van der Waals surface area contributed by atoms with Gasteiger partial charge in [-0.15, -0.1) is 0 Å². The Hall–Kier alpha value is -1.64. The zero-order chi connectivity index (χ0) is 11.1. The highest BCUT2D eigenvalue weighted by Gasteiger charge is 1.96. The molecule has 0 amide bonds. The lowest BCUT2D eigenvalue weighted by atomic mass is 10.2. The molecule has 0 aliphatic rings. The first kappa shape index (κ1) is 11.4. The lowest BCUT2D eigenvalue weighted by molar-refractivity contribution is 0.455. The van der Waals surface area contributed by atoms with Crippen molar-refractivity contribution in [1.82, 2.24) is 5.32 Å². The van der Waals surface area contributed by atoms with Gasteiger partial charge in [-0.2, -0.15) is 0 Å². The van der Waals surface area contributed by atoms with Gasteiger partial charge in [0.15, 0.2) is 0 Å². The van der Waals surface area contributed by atoms with Crippen molar-refractivity contribution < 1.29 is 5.11 Å². The maximum atomic E-state index is 8.93. The molecule has 0 unspecified atom stereocenters. The molecule has 0 aromatic heterocycles. The van der Waals surface area contributed by atoms with Crippen molar-refractivity contribution in [3.63, 3.8) is 0 Å². The summed E-state index contributed by atoms with van der Waals surface area (Å²) >= 11 is 0. The quantitative estimate of drug-likeness (QED) is 0.512. The van der Waals surface area contributed by atoms with Crippen molar-refractivity contribution in [2.45, 2.75) is 26.3 Å². The lowest BCUT2D eigenvalue weighted by Crippen LogP contribution is -2.12. The fourth-order valence-corrected chi connectivity index (χ4v) is 1.32. The van der Waals surface area contributed by atoms with E-state index in [1.54, 1.807) is 0 Å². The Morgan fingerprint density at radius 1 is 1.40 bits per heavy atom. The number of allylic oxidation sites excluding steroid dienone is 1. The Labute approximate surface area is 90.6 Å². The smallest absolute Gasteiger partial charge is 0.0980 e. The number of aliphatic hydroxyl groups excluding tert-OH is 1. The third-order valence-electron chi connectivity index (χ3n) is 2.17. The number of nitrogen functional groups attached to an aromatic ring is 1. The van der Waals surface area contributed by atoms with E-state index in [1.807, 2.05) is 24.3 Å². The Bertz CT molecular complexity index is 317. The molecule has 0 bridgehead atoms. The monoisotopic (exact) mass is 206 g/mol. The highest BCUT2D eigenvalue weighted by Crippen LogP contribution is 2.07. The molecule has 0 fully saturated rings. The lowest BCUT2D eigenvalue weighted by Gasteiger charge is -2.08. The predicted molar refractivity (Wildman–Crippen MR) is 63.3 cm³/mol. The first-order chi connectivity index (χ1) is 7.26. The summed E-state index contributed by atoms with van der Waals surface area (Å²) in [5.74, 6) is 0. The Kier molecular flexibility index (Phi) is 4.54. The first-order valence-corrected chi connectivity index (χ1v) is 5.17. The van der Waals surface area contributed by atoms with Crippen LogP contribution < -0.4 is 11.1 Å². The molecule has 0 atom stereocenters. The molecule has 0 aliphatic heterocycles. The molecule has 0 heterocycles. The van der Waals surface area contributed by atoms with Gasteiger partial charge in [0.2, 0.25) is 0 Å². The number of anilines is 1. The van der Waals surface area contributed by atoms with Crippen molar-refractivity contribution in [3.8, 4) is 0 Å². The summed E-state index contributed by atoms with van der Waals surface area (Å²) in [5.41, 5.74) is 8.38. The number of rotatable bonds is 5. The maximum Gasteiger partial charge on any atom is 0.0980 e. The summed E-state index contributed by atoms with van der Waals surface area (Å²) in [6.45, 7) is 2.79. The van der Waals surface area contributed by atoms with E-state index >= 15 is 0 Å². The van der Waals surface area contributed by atoms with E-state index in [-0.39, 0.29) is 0 Å². The highest BCUT2D eigenvalue weighted by atomic mass is 16.2. The fourth-order valence-electron chi connectivity index (χ4n) is 1.32. The van der Waals surface area contributed by atoms with Crippen LogP contribution in [0.4, 0.5) is 5.69 Å². The van der Waals surface area contributed by atoms with Gasteiger partial charge in [0, 0.05) is 17.9 Å². The van der Waals surface area contributed by atoms with Crippen molar-refractivity contribution in [3.05, 3.63) is 41.8 Å². The van der Waals surface area contributed by atoms with Crippen LogP contribution in [0.1, 0.15) is 25.3 Å². The third kappa shape index (κ3) is 3.94. The zero-order valence-electron chi connectivity index (χ0n) is 9.03. The van der Waals surface area contributed by atoms with Crippen LogP contribution in [0, 0.1) is 0 Å². The SMILES string of the molecule is CCC/C(=C/O)NCc1ccc(N)cc1. The molecule has 1 rings (SSSR count). The second-order valence-electron chi connectivity index (χ2n) is 3.50. The Morgan fingerprint density at radius 2 is 2.07 bits per heavy atom. The number of benzene rings is 1. The molecule has 15 heavy (non-hydrogen) atoms. The van der Waals surface area contributed by atoms with E-state index in [2.05, 4.69) is 12.2 Å². The largest absolute Gasteiger partial charge is 0.514 e. The standard InChI is InChI=1S/C12H18N2O/c1-2-3-12(9-15)14-8-10-4-6-11(13)7-5-10/h4-7,9,14-15H,2-3,8,13H2,1H3/b12-9-. The van der Waals surface area contributed by atoms with E-state index in [9.17, 15) is 0 Å². The summed E-state index contributed by atoms with van der Waals surface area (Å²) in [7, 11) is 0. The number of hydrogen-bond donors (Lipinski definition) is 3. The van der Waals surface area contributed by atoms with Gasteiger partial charge in [-0.25, -0.2) is 0 Å². The minimum Gasteiger partial charge on any atom is -0.514 e. The maximum absolute atomic E-state index is 8.93. The fraction of sp³-hybridized carbons (Fsp3) is 0.333. The molecule has 0 radical (unpaired) electrons. The molecule has 0 aliphatic carbocycles. The molecule has 4 N–H and O–H groups in total. The normalized spacial score (nSPS) is 11.4. The molecule has 0 saturated heterocycles. The summed E-state index contributed by atoms with van der Waals surface area (Å²) < 4.78 is 0. The predicted octanol–water partition coefficient (Wildman–Crippen LogP) is 2.56. The van der Waals surface area contributed by atoms with Gasteiger partial charge in [0.25, 0.3) is 0 Å². The van der Waals surface area contributed by atoms with Gasteiger partial charge in [-0.1, -0.05) is 25.5 Å². The Balaban J connectivity index is 2.46. The van der Waals surface area contributed by atoms with E-state index in [1.165, 1.54) is 0 Å². The van der Waals surface area contributed by atoms with E-state index < -0.39 is 0 Å². The van der Waals surface area contributed by atoms with Crippen molar-refractivity contribution >= 4 is 5.69 Å². The van der Waals surface area contributed by atoms with Gasteiger partial charge in [-0.3, -0.25) is 0 Å². The van der Waals surface area contributed by atoms with Crippen LogP contribution in [0.15, 0.2) is 36.2 Å². The van der Waals surface area contributed by atoms with Gasteiger partial charge in [0.05, 0.1) is 6.26 Å². The van der Waals surface area contributed by atoms with E-state index in [0.29, 0.717) is 6.54 Å². The van der Waals surface area contributed by atoms with Crippen molar-refractivity contribution in [2.24, 2.45) is 0 Å². The second-order valence-corrected chi connectivity index (χ2v) is 3.50. The van der Waals surface area contributed by atoms with E-state index in [4.69, 9.17) is 10.8 Å². The van der Waals surface area contributed by atoms with Crippen LogP contribution in [-0.2, 0) is 6.54 Å². The van der Waals surface area contributed by atoms with Crippen LogP contribution in [-0.4, -0.2) is 5.11 Å². The molecule has 82 valence electrons. The molecule has 1 aromatic rings. The average molecular weight is 206 g/mol. The summed E-state index contributed by atoms with van der Waals surface area (Å²) in [5, 5.41) is 12.1. The van der Waals surface area contributed by atoms with Crippen LogP contribution >= 0.6 is 0 Å². The Morgan fingerprint density at radius 3 is 2.60 bits per heavy atom. The summed E-state index contributed by atoms with van der Waals surface area (Å²) in [6.07, 6.45) is 3.02. The summed E-state index contributed by atoms with van der Waals surface area (Å²) in [6, 6.07) is 7.70. The van der Waals surface area contributed by atoms with Gasteiger partial charge < -0.3 is 16.2 Å². The minimum atomic E-state index is 0.715. The molecular weight excluding hydrogens is 188 g/mol. The number of nitrogens with two attached hydrogens (primary N) is 1. The molecule has 3 nitrogen and oxygen atoms in total. The average Bonchev–Trinajstić information content (AvgIpc) is 2.26. The first-order valence-electron chi connectivity index (χ1n) is 5.17. The molecular formula is C12H18N2O. The molecule has 0 spiro atoms. The van der Waals surface area contributed by atoms with Crippen molar-refractivity contribution in [2.75, 3.05) is 5.73 Å². The van der Waals surface area contributed by atoms with Crippen LogP contribution in [0.25, 0.3) is 0 Å². The van der Waals surface area contributed by atoms with Crippen LogP contribution in [0.3, 0.4) is 0 Å². The number of aliphatic hydroxyl groups is 1. The highest BCUT2D eigenvalue weighted by molar-refractivity contribution is 5.39. The van der Waals surface area contributed by atoms with E-state index in [0.717, 1.165) is 36.1 Å². The molecule has 3 heteroatoms. The second kappa shape index (κ2) is 5.96. The molecule has 1 aromatic carbocycles. The number of nitrogens with one attached hydrogen (secondary N) is 1. The van der Waals surface area contributed by atoms with Gasteiger partial charge >= 0.3 is 0 Å². The topological polar surface area (TPSA) is 58.3 Å². The van der Waals surface area contributed by atoms with Gasteiger partial charge in [0.1, 0.15) is 0 Å². The van der Waals surface area contributed by atoms with Gasteiger partial charge in [-0.05, 0) is 24.1 Å². The molecule has 0 saturated carbocycles. The van der Waals surface area contributed by atoms with Crippen LogP contribution in [0.5, 0.6) is 0 Å². The zero-order valence-corrected chi connectivity index (χ0v) is 9.03. The third-order valence-corrected chi connectivity index (χ3v) is 2.17. The van der Waals surface area contributed by atoms with Crippen molar-refractivity contribution in [1.29, 1.82) is 0 Å². The number of hydrogen-bond acceptors (Lipinski definition) is 3.